The molecule has 0 spiro atoms. The van der Waals surface area contributed by atoms with Crippen LogP contribution in [0.15, 0.2) is 29.3 Å². The van der Waals surface area contributed by atoms with Gasteiger partial charge in [-0.05, 0) is 43.9 Å². The molecule has 3 atom stereocenters. The predicted octanol–water partition coefficient (Wildman–Crippen LogP) is 2.07. The first-order valence-electron chi connectivity index (χ1n) is 8.11. The van der Waals surface area contributed by atoms with E-state index in [0.717, 1.165) is 36.7 Å². The molecule has 2 N–H and O–H groups in total. The van der Waals surface area contributed by atoms with Crippen LogP contribution in [0.4, 0.5) is 0 Å². The van der Waals surface area contributed by atoms with Crippen LogP contribution in [0.5, 0.6) is 5.75 Å². The number of nitrogens with zero attached hydrogens (tertiary/aromatic N) is 1. The zero-order chi connectivity index (χ0) is 15.4. The van der Waals surface area contributed by atoms with Gasteiger partial charge >= 0.3 is 0 Å². The quantitative estimate of drug-likeness (QED) is 0.646. The van der Waals surface area contributed by atoms with Gasteiger partial charge in [-0.3, -0.25) is 0 Å². The third-order valence-corrected chi connectivity index (χ3v) is 4.33. The summed E-state index contributed by atoms with van der Waals surface area (Å²) < 4.78 is 11.1. The van der Waals surface area contributed by atoms with E-state index in [0.29, 0.717) is 24.8 Å². The standard InChI is InChI=1S/C17H25N3O2/c1-3-18-17(20-15-10-14-7-8-16(15)22-14)19-11-12-5-4-6-13(9-12)21-2/h4-6,9,14-16H,3,7-8,10-11H2,1-2H3,(H2,18,19,20). The summed E-state index contributed by atoms with van der Waals surface area (Å²) in [6, 6.07) is 8.42. The predicted molar refractivity (Wildman–Crippen MR) is 87.2 cm³/mol. The summed E-state index contributed by atoms with van der Waals surface area (Å²) in [6.07, 6.45) is 4.26. The average molecular weight is 303 g/mol. The maximum Gasteiger partial charge on any atom is 0.191 e. The molecule has 2 heterocycles. The SMILES string of the molecule is CCNC(=NCc1cccc(OC)c1)NC1CC2CCC1O2. The molecule has 0 radical (unpaired) electrons. The van der Waals surface area contributed by atoms with Gasteiger partial charge in [-0.25, -0.2) is 4.99 Å². The molecule has 2 saturated heterocycles. The van der Waals surface area contributed by atoms with Gasteiger partial charge in [0.25, 0.3) is 0 Å². The van der Waals surface area contributed by atoms with Gasteiger partial charge in [-0.2, -0.15) is 0 Å². The van der Waals surface area contributed by atoms with Crippen molar-refractivity contribution in [2.45, 2.75) is 51.0 Å². The van der Waals surface area contributed by atoms with E-state index in [2.05, 4.69) is 28.6 Å². The highest BCUT2D eigenvalue weighted by Crippen LogP contribution is 2.34. The molecular formula is C17H25N3O2. The first-order valence-corrected chi connectivity index (χ1v) is 8.11. The van der Waals surface area contributed by atoms with Crippen molar-refractivity contribution in [1.82, 2.24) is 10.6 Å². The van der Waals surface area contributed by atoms with Crippen molar-refractivity contribution in [3.8, 4) is 5.75 Å². The van der Waals surface area contributed by atoms with Gasteiger partial charge in [0.1, 0.15) is 5.75 Å². The summed E-state index contributed by atoms with van der Waals surface area (Å²) in [5, 5.41) is 6.85. The molecule has 0 saturated carbocycles. The lowest BCUT2D eigenvalue weighted by Crippen LogP contribution is -2.47. The average Bonchev–Trinajstić information content (AvgIpc) is 3.16. The Labute approximate surface area is 132 Å². The highest BCUT2D eigenvalue weighted by molar-refractivity contribution is 5.80. The number of methoxy groups -OCH3 is 1. The van der Waals surface area contributed by atoms with Crippen molar-refractivity contribution in [3.63, 3.8) is 0 Å². The molecule has 2 fully saturated rings. The van der Waals surface area contributed by atoms with Crippen molar-refractivity contribution < 1.29 is 9.47 Å². The van der Waals surface area contributed by atoms with Crippen LogP contribution in [0.1, 0.15) is 31.7 Å². The second-order valence-corrected chi connectivity index (χ2v) is 5.91. The Hall–Kier alpha value is -1.75. The lowest BCUT2D eigenvalue weighted by molar-refractivity contribution is 0.0992. The van der Waals surface area contributed by atoms with E-state index in [-0.39, 0.29) is 0 Å². The van der Waals surface area contributed by atoms with Crippen molar-refractivity contribution in [2.24, 2.45) is 4.99 Å². The number of nitrogens with one attached hydrogen (secondary N) is 2. The minimum atomic E-state index is 0.352. The Morgan fingerprint density at radius 1 is 1.41 bits per heavy atom. The van der Waals surface area contributed by atoms with E-state index >= 15 is 0 Å². The summed E-state index contributed by atoms with van der Waals surface area (Å²) in [5.41, 5.74) is 1.14. The molecular weight excluding hydrogens is 278 g/mol. The third kappa shape index (κ3) is 3.53. The number of aliphatic imine (C=N–C) groups is 1. The molecule has 2 aliphatic rings. The maximum absolute atomic E-state index is 5.90. The fraction of sp³-hybridized carbons (Fsp3) is 0.588. The molecule has 22 heavy (non-hydrogen) atoms. The number of rotatable bonds is 5. The van der Waals surface area contributed by atoms with Gasteiger partial charge in [0.15, 0.2) is 5.96 Å². The molecule has 5 heteroatoms. The summed E-state index contributed by atoms with van der Waals surface area (Å²) in [6.45, 7) is 3.57. The largest absolute Gasteiger partial charge is 0.497 e. The first kappa shape index (κ1) is 15.2. The Morgan fingerprint density at radius 3 is 3.00 bits per heavy atom. The van der Waals surface area contributed by atoms with Gasteiger partial charge in [0.2, 0.25) is 0 Å². The molecule has 3 rings (SSSR count). The number of hydrogen-bond donors (Lipinski definition) is 2. The number of benzene rings is 1. The smallest absolute Gasteiger partial charge is 0.191 e. The molecule has 0 aromatic heterocycles. The molecule has 3 unspecified atom stereocenters. The molecule has 0 amide bonds. The van der Waals surface area contributed by atoms with Gasteiger partial charge < -0.3 is 20.1 Å². The highest BCUT2D eigenvalue weighted by atomic mass is 16.5. The minimum Gasteiger partial charge on any atom is -0.497 e. The van der Waals surface area contributed by atoms with E-state index in [4.69, 9.17) is 9.47 Å². The van der Waals surface area contributed by atoms with Gasteiger partial charge in [-0.1, -0.05) is 12.1 Å². The normalized spacial score (nSPS) is 27.0. The lowest BCUT2D eigenvalue weighted by Gasteiger charge is -2.22. The Bertz CT molecular complexity index is 532. The zero-order valence-electron chi connectivity index (χ0n) is 13.3. The monoisotopic (exact) mass is 303 g/mol. The Kier molecular flexibility index (Phi) is 4.83. The topological polar surface area (TPSA) is 54.9 Å². The summed E-state index contributed by atoms with van der Waals surface area (Å²) in [4.78, 5) is 4.69. The van der Waals surface area contributed by atoms with E-state index in [1.165, 1.54) is 6.42 Å². The van der Waals surface area contributed by atoms with Crippen molar-refractivity contribution in [2.75, 3.05) is 13.7 Å². The molecule has 2 bridgehead atoms. The van der Waals surface area contributed by atoms with Crippen LogP contribution in [0.2, 0.25) is 0 Å². The second-order valence-electron chi connectivity index (χ2n) is 5.91. The summed E-state index contributed by atoms with van der Waals surface area (Å²) in [7, 11) is 1.68. The van der Waals surface area contributed by atoms with Crippen LogP contribution in [-0.2, 0) is 11.3 Å². The Balaban J connectivity index is 1.62. The van der Waals surface area contributed by atoms with E-state index in [1.807, 2.05) is 18.2 Å². The van der Waals surface area contributed by atoms with Gasteiger partial charge in [0, 0.05) is 6.54 Å². The van der Waals surface area contributed by atoms with Crippen LogP contribution in [0.3, 0.4) is 0 Å². The van der Waals surface area contributed by atoms with Crippen LogP contribution in [0, 0.1) is 0 Å². The first-order chi connectivity index (χ1) is 10.8. The van der Waals surface area contributed by atoms with Crippen LogP contribution < -0.4 is 15.4 Å². The lowest BCUT2D eigenvalue weighted by atomic mass is 9.96. The number of hydrogen-bond acceptors (Lipinski definition) is 3. The van der Waals surface area contributed by atoms with E-state index in [1.54, 1.807) is 7.11 Å². The number of fused-ring (bicyclic) bond motifs is 2. The maximum atomic E-state index is 5.90. The highest BCUT2D eigenvalue weighted by Gasteiger charge is 2.41. The van der Waals surface area contributed by atoms with Crippen molar-refractivity contribution in [1.29, 1.82) is 0 Å². The summed E-state index contributed by atoms with van der Waals surface area (Å²) >= 11 is 0. The van der Waals surface area contributed by atoms with Gasteiger partial charge in [-0.15, -0.1) is 0 Å². The third-order valence-electron chi connectivity index (χ3n) is 4.33. The fourth-order valence-electron chi connectivity index (χ4n) is 3.23. The molecule has 1 aromatic rings. The van der Waals surface area contributed by atoms with Crippen LogP contribution in [0.25, 0.3) is 0 Å². The van der Waals surface area contributed by atoms with E-state index < -0.39 is 0 Å². The fourth-order valence-corrected chi connectivity index (χ4v) is 3.23. The van der Waals surface area contributed by atoms with Crippen molar-refractivity contribution >= 4 is 5.96 Å². The number of guanidine groups is 1. The minimum absolute atomic E-state index is 0.352. The molecule has 5 nitrogen and oxygen atoms in total. The van der Waals surface area contributed by atoms with Crippen LogP contribution >= 0.6 is 0 Å². The van der Waals surface area contributed by atoms with Crippen LogP contribution in [-0.4, -0.2) is 37.9 Å². The molecule has 2 aliphatic heterocycles. The van der Waals surface area contributed by atoms with E-state index in [9.17, 15) is 0 Å². The van der Waals surface area contributed by atoms with Crippen molar-refractivity contribution in [3.05, 3.63) is 29.8 Å². The molecule has 120 valence electrons. The Morgan fingerprint density at radius 2 is 2.32 bits per heavy atom. The zero-order valence-corrected chi connectivity index (χ0v) is 13.3. The second kappa shape index (κ2) is 7.01. The summed E-state index contributed by atoms with van der Waals surface area (Å²) in [5.74, 6) is 1.73. The molecule has 0 aliphatic carbocycles. The molecule has 1 aromatic carbocycles. The van der Waals surface area contributed by atoms with Gasteiger partial charge in [0.05, 0.1) is 31.9 Å². The number of ether oxygens (including phenoxy) is 2.